The van der Waals surface area contributed by atoms with Crippen molar-refractivity contribution >= 4 is 12.2 Å². The fourth-order valence-corrected chi connectivity index (χ4v) is 1.93. The highest BCUT2D eigenvalue weighted by Crippen LogP contribution is 2.34. The van der Waals surface area contributed by atoms with Crippen molar-refractivity contribution < 1.29 is 27.5 Å². The molecule has 0 aliphatic heterocycles. The standard InChI is InChI=1S/C13H17F3N2O3/c1-12(2,3)21-11(20)18-9-5-4-8(13(14,15)16)6-10(9)17-7-19/h4,9-10H,5-6H2,1-3H3,(H,18,20)/t9-,10-/m0/s1. The van der Waals surface area contributed by atoms with Crippen molar-refractivity contribution in [3.05, 3.63) is 11.6 Å². The van der Waals surface area contributed by atoms with Gasteiger partial charge in [-0.15, -0.1) is 0 Å². The van der Waals surface area contributed by atoms with E-state index in [1.165, 1.54) is 6.08 Å². The van der Waals surface area contributed by atoms with Gasteiger partial charge >= 0.3 is 12.3 Å². The van der Waals surface area contributed by atoms with Crippen molar-refractivity contribution in [2.24, 2.45) is 4.99 Å². The topological polar surface area (TPSA) is 67.8 Å². The molecule has 0 saturated heterocycles. The van der Waals surface area contributed by atoms with E-state index in [9.17, 15) is 22.8 Å². The van der Waals surface area contributed by atoms with Gasteiger partial charge in [-0.1, -0.05) is 6.08 Å². The van der Waals surface area contributed by atoms with Gasteiger partial charge in [-0.05, 0) is 27.2 Å². The van der Waals surface area contributed by atoms with Crippen LogP contribution in [0.3, 0.4) is 0 Å². The number of alkyl halides is 3. The van der Waals surface area contributed by atoms with E-state index in [-0.39, 0.29) is 6.42 Å². The molecule has 0 aromatic rings. The van der Waals surface area contributed by atoms with E-state index in [0.717, 1.165) is 6.08 Å². The summed E-state index contributed by atoms with van der Waals surface area (Å²) in [4.78, 5) is 25.4. The summed E-state index contributed by atoms with van der Waals surface area (Å²) in [5.41, 5.74) is -1.48. The molecule has 0 spiro atoms. The van der Waals surface area contributed by atoms with Crippen molar-refractivity contribution in [2.45, 2.75) is 57.5 Å². The number of hydrogen-bond acceptors (Lipinski definition) is 4. The molecule has 0 saturated carbocycles. The normalized spacial score (nSPS) is 22.9. The SMILES string of the molecule is CC(C)(C)OC(=O)N[C@H]1CC=C(C(F)(F)F)C[C@@H]1N=C=O. The van der Waals surface area contributed by atoms with E-state index in [4.69, 9.17) is 4.74 Å². The maximum absolute atomic E-state index is 12.6. The number of rotatable bonds is 2. The van der Waals surface area contributed by atoms with E-state index >= 15 is 0 Å². The number of alkyl carbamates (subject to hydrolysis) is 1. The molecule has 0 fully saturated rings. The minimum Gasteiger partial charge on any atom is -0.444 e. The first-order valence-corrected chi connectivity index (χ1v) is 6.35. The van der Waals surface area contributed by atoms with Crippen LogP contribution in [0.25, 0.3) is 0 Å². The van der Waals surface area contributed by atoms with Gasteiger partial charge in [0.1, 0.15) is 5.60 Å². The molecule has 0 unspecified atom stereocenters. The van der Waals surface area contributed by atoms with Crippen LogP contribution >= 0.6 is 0 Å². The Balaban J connectivity index is 2.80. The third-order valence-electron chi connectivity index (χ3n) is 2.80. The lowest BCUT2D eigenvalue weighted by Crippen LogP contribution is -2.46. The van der Waals surface area contributed by atoms with E-state index in [2.05, 4.69) is 10.3 Å². The molecule has 1 N–H and O–H groups in total. The molecule has 2 atom stereocenters. The van der Waals surface area contributed by atoms with Crippen LogP contribution in [0.5, 0.6) is 0 Å². The minimum absolute atomic E-state index is 0.0794. The monoisotopic (exact) mass is 306 g/mol. The summed E-state index contributed by atoms with van der Waals surface area (Å²) in [6, 6.07) is -1.73. The molecule has 21 heavy (non-hydrogen) atoms. The van der Waals surface area contributed by atoms with Gasteiger partial charge in [-0.2, -0.15) is 13.2 Å². The van der Waals surface area contributed by atoms with Gasteiger partial charge in [0.05, 0.1) is 12.1 Å². The quantitative estimate of drug-likeness (QED) is 0.484. The van der Waals surface area contributed by atoms with Crippen LogP contribution in [0.4, 0.5) is 18.0 Å². The molecule has 0 aromatic heterocycles. The van der Waals surface area contributed by atoms with Crippen molar-refractivity contribution in [3.63, 3.8) is 0 Å². The van der Waals surface area contributed by atoms with E-state index in [1.807, 2.05) is 0 Å². The van der Waals surface area contributed by atoms with Gasteiger partial charge in [0.15, 0.2) is 0 Å². The Labute approximate surface area is 120 Å². The lowest BCUT2D eigenvalue weighted by Gasteiger charge is -2.30. The number of isocyanates is 1. The summed E-state index contributed by atoms with van der Waals surface area (Å²) in [6.45, 7) is 4.99. The summed E-state index contributed by atoms with van der Waals surface area (Å²) in [6.07, 6.45) is -3.53. The predicted octanol–water partition coefficient (Wildman–Crippen LogP) is 2.87. The fourth-order valence-electron chi connectivity index (χ4n) is 1.93. The molecule has 1 amide bonds. The Kier molecular flexibility index (Phi) is 5.17. The van der Waals surface area contributed by atoms with Crippen molar-refractivity contribution in [3.8, 4) is 0 Å². The molecule has 8 heteroatoms. The number of nitrogens with one attached hydrogen (secondary N) is 1. The summed E-state index contributed by atoms with van der Waals surface area (Å²) < 4.78 is 43.0. The molecule has 1 aliphatic rings. The van der Waals surface area contributed by atoms with Crippen LogP contribution < -0.4 is 5.32 Å². The Morgan fingerprint density at radius 2 is 2.05 bits per heavy atom. The number of amides is 1. The Bertz CT molecular complexity index is 474. The largest absolute Gasteiger partial charge is 0.444 e. The van der Waals surface area contributed by atoms with Gasteiger partial charge in [0.2, 0.25) is 6.08 Å². The second kappa shape index (κ2) is 6.30. The maximum Gasteiger partial charge on any atom is 0.412 e. The first kappa shape index (κ1) is 17.2. The molecule has 1 rings (SSSR count). The molecule has 118 valence electrons. The summed E-state index contributed by atoms with van der Waals surface area (Å²) in [5.74, 6) is 0. The summed E-state index contributed by atoms with van der Waals surface area (Å²) in [5, 5.41) is 2.44. The molecule has 1 aliphatic carbocycles. The molecule has 0 heterocycles. The van der Waals surface area contributed by atoms with Crippen LogP contribution in [0.1, 0.15) is 33.6 Å². The zero-order valence-electron chi connectivity index (χ0n) is 12.0. The summed E-state index contributed by atoms with van der Waals surface area (Å²) >= 11 is 0. The van der Waals surface area contributed by atoms with Gasteiger partial charge < -0.3 is 10.1 Å². The van der Waals surface area contributed by atoms with Gasteiger partial charge in [0.25, 0.3) is 0 Å². The number of halogens is 3. The smallest absolute Gasteiger partial charge is 0.412 e. The van der Waals surface area contributed by atoms with E-state index < -0.39 is 41.9 Å². The highest BCUT2D eigenvalue weighted by molar-refractivity contribution is 5.68. The molecular formula is C13H17F3N2O3. The Hall–Kier alpha value is -1.82. The van der Waals surface area contributed by atoms with Crippen molar-refractivity contribution in [1.82, 2.24) is 5.32 Å². The minimum atomic E-state index is -4.46. The third kappa shape index (κ3) is 5.59. The first-order valence-electron chi connectivity index (χ1n) is 6.35. The van der Waals surface area contributed by atoms with Gasteiger partial charge in [-0.3, -0.25) is 0 Å². The zero-order chi connectivity index (χ0) is 16.3. The van der Waals surface area contributed by atoms with Crippen LogP contribution in [0.15, 0.2) is 16.6 Å². The lowest BCUT2D eigenvalue weighted by molar-refractivity contribution is -0.0958. The first-order chi connectivity index (χ1) is 9.53. The van der Waals surface area contributed by atoms with Crippen LogP contribution in [-0.2, 0) is 9.53 Å². The predicted molar refractivity (Wildman–Crippen MR) is 68.4 cm³/mol. The van der Waals surface area contributed by atoms with E-state index in [0.29, 0.717) is 0 Å². The second-order valence-corrected chi connectivity index (χ2v) is 5.71. The van der Waals surface area contributed by atoms with Crippen LogP contribution in [-0.4, -0.2) is 36.0 Å². The average molecular weight is 306 g/mol. The number of hydrogen-bond donors (Lipinski definition) is 1. The lowest BCUT2D eigenvalue weighted by atomic mass is 9.90. The number of carbonyl (C=O) groups is 1. The molecule has 5 nitrogen and oxygen atoms in total. The Morgan fingerprint density at radius 3 is 2.52 bits per heavy atom. The summed E-state index contributed by atoms with van der Waals surface area (Å²) in [7, 11) is 0. The molecular weight excluding hydrogens is 289 g/mol. The Morgan fingerprint density at radius 1 is 1.43 bits per heavy atom. The van der Waals surface area contributed by atoms with Crippen molar-refractivity contribution in [2.75, 3.05) is 0 Å². The van der Waals surface area contributed by atoms with E-state index in [1.54, 1.807) is 20.8 Å². The van der Waals surface area contributed by atoms with Crippen molar-refractivity contribution in [1.29, 1.82) is 0 Å². The number of aliphatic imine (C=N–C) groups is 1. The van der Waals surface area contributed by atoms with Crippen LogP contribution in [0, 0.1) is 0 Å². The fraction of sp³-hybridized carbons (Fsp3) is 0.692. The highest BCUT2D eigenvalue weighted by Gasteiger charge is 2.39. The number of nitrogens with zero attached hydrogens (tertiary/aromatic N) is 1. The maximum atomic E-state index is 12.6. The molecule has 0 bridgehead atoms. The number of carbonyl (C=O) groups excluding carboxylic acids is 2. The third-order valence-corrected chi connectivity index (χ3v) is 2.80. The molecule has 0 radical (unpaired) electrons. The van der Waals surface area contributed by atoms with Crippen LogP contribution in [0.2, 0.25) is 0 Å². The van der Waals surface area contributed by atoms with Gasteiger partial charge in [0, 0.05) is 12.0 Å². The average Bonchev–Trinajstić information content (AvgIpc) is 2.27. The highest BCUT2D eigenvalue weighted by atomic mass is 19.4. The van der Waals surface area contributed by atoms with Gasteiger partial charge in [-0.25, -0.2) is 14.6 Å². The zero-order valence-corrected chi connectivity index (χ0v) is 12.0. The number of ether oxygens (including phenoxy) is 1. The second-order valence-electron chi connectivity index (χ2n) is 5.71. The molecule has 0 aromatic carbocycles.